The summed E-state index contributed by atoms with van der Waals surface area (Å²) in [5.41, 5.74) is 0.718. The lowest BCUT2D eigenvalue weighted by Gasteiger charge is -2.06. The number of nitrogens with zero attached hydrogens (tertiary/aromatic N) is 3. The number of ether oxygens (including phenoxy) is 4. The molecule has 0 atom stereocenters. The predicted molar refractivity (Wildman–Crippen MR) is 90.2 cm³/mol. The number of hydrogen-bond donors (Lipinski definition) is 1. The molecular formula is C16H20N4O6. The summed E-state index contributed by atoms with van der Waals surface area (Å²) in [5.74, 6) is -0.139. The van der Waals surface area contributed by atoms with E-state index in [1.54, 1.807) is 31.4 Å². The van der Waals surface area contributed by atoms with E-state index in [2.05, 4.69) is 15.4 Å². The summed E-state index contributed by atoms with van der Waals surface area (Å²) in [4.78, 5) is 26.7. The van der Waals surface area contributed by atoms with Crippen LogP contribution in [-0.2, 0) is 25.7 Å². The van der Waals surface area contributed by atoms with Gasteiger partial charge in [0.25, 0.3) is 0 Å². The van der Waals surface area contributed by atoms with Crippen molar-refractivity contribution in [1.82, 2.24) is 14.8 Å². The zero-order chi connectivity index (χ0) is 18.9. The maximum Gasteiger partial charge on any atom is 0.375 e. The van der Waals surface area contributed by atoms with Crippen LogP contribution in [0, 0.1) is 0 Å². The highest BCUT2D eigenvalue weighted by molar-refractivity contribution is 5.85. The van der Waals surface area contributed by atoms with Crippen molar-refractivity contribution in [3.05, 3.63) is 30.1 Å². The third kappa shape index (κ3) is 5.45. The Labute approximate surface area is 150 Å². The van der Waals surface area contributed by atoms with Gasteiger partial charge in [0, 0.05) is 12.6 Å². The summed E-state index contributed by atoms with van der Waals surface area (Å²) in [5, 5.41) is 7.16. The van der Waals surface area contributed by atoms with Crippen molar-refractivity contribution in [2.24, 2.45) is 0 Å². The van der Waals surface area contributed by atoms with E-state index in [4.69, 9.17) is 18.9 Å². The van der Waals surface area contributed by atoms with Crippen molar-refractivity contribution in [3.63, 3.8) is 0 Å². The lowest BCUT2D eigenvalue weighted by Crippen LogP contribution is -2.16. The Morgan fingerprint density at radius 2 is 1.88 bits per heavy atom. The number of carbonyl (C=O) groups is 2. The molecule has 2 rings (SSSR count). The SMILES string of the molecule is COC(=O)c1nc(Nc2ccc(OC)cc2)nn1COCCOC(C)=O. The quantitative estimate of drug-likeness (QED) is 0.520. The van der Waals surface area contributed by atoms with Gasteiger partial charge in [-0.05, 0) is 24.3 Å². The monoisotopic (exact) mass is 364 g/mol. The molecule has 0 saturated heterocycles. The summed E-state index contributed by atoms with van der Waals surface area (Å²) in [7, 11) is 2.83. The molecule has 0 aliphatic rings. The minimum Gasteiger partial charge on any atom is -0.497 e. The van der Waals surface area contributed by atoms with Gasteiger partial charge in [-0.15, -0.1) is 5.10 Å². The van der Waals surface area contributed by atoms with Gasteiger partial charge in [-0.2, -0.15) is 4.98 Å². The fraction of sp³-hybridized carbons (Fsp3) is 0.375. The van der Waals surface area contributed by atoms with Crippen LogP contribution in [0.1, 0.15) is 17.5 Å². The Hall–Kier alpha value is -3.14. The number of anilines is 2. The van der Waals surface area contributed by atoms with E-state index in [1.165, 1.54) is 18.7 Å². The second-order valence-corrected chi connectivity index (χ2v) is 4.98. The van der Waals surface area contributed by atoms with Crippen LogP contribution >= 0.6 is 0 Å². The topological polar surface area (TPSA) is 114 Å². The van der Waals surface area contributed by atoms with Crippen LogP contribution in [0.2, 0.25) is 0 Å². The highest BCUT2D eigenvalue weighted by Crippen LogP contribution is 2.18. The van der Waals surface area contributed by atoms with E-state index >= 15 is 0 Å². The van der Waals surface area contributed by atoms with Gasteiger partial charge in [-0.1, -0.05) is 0 Å². The normalized spacial score (nSPS) is 10.3. The molecule has 0 aliphatic carbocycles. The smallest absolute Gasteiger partial charge is 0.375 e. The molecule has 0 bridgehead atoms. The minimum absolute atomic E-state index is 0.0176. The molecule has 10 heteroatoms. The molecule has 1 aromatic carbocycles. The number of rotatable bonds is 9. The Morgan fingerprint density at radius 1 is 1.15 bits per heavy atom. The van der Waals surface area contributed by atoms with E-state index in [0.29, 0.717) is 5.75 Å². The molecule has 0 spiro atoms. The summed E-state index contributed by atoms with van der Waals surface area (Å²) >= 11 is 0. The van der Waals surface area contributed by atoms with Crippen LogP contribution in [-0.4, -0.2) is 54.1 Å². The lowest BCUT2D eigenvalue weighted by molar-refractivity contribution is -0.142. The first kappa shape index (κ1) is 19.2. The predicted octanol–water partition coefficient (Wildman–Crippen LogP) is 1.35. The van der Waals surface area contributed by atoms with Gasteiger partial charge in [0.05, 0.1) is 20.8 Å². The Bertz CT molecular complexity index is 744. The second kappa shape index (κ2) is 9.37. The van der Waals surface area contributed by atoms with Gasteiger partial charge in [0.1, 0.15) is 19.1 Å². The molecule has 0 unspecified atom stereocenters. The number of hydrogen-bond acceptors (Lipinski definition) is 9. The van der Waals surface area contributed by atoms with Gasteiger partial charge in [-0.25, -0.2) is 9.48 Å². The van der Waals surface area contributed by atoms with E-state index in [0.717, 1.165) is 5.69 Å². The summed E-state index contributed by atoms with van der Waals surface area (Å²) in [6.07, 6.45) is 0. The number of carbonyl (C=O) groups excluding carboxylic acids is 2. The van der Waals surface area contributed by atoms with Crippen molar-refractivity contribution in [2.75, 3.05) is 32.8 Å². The first-order valence-electron chi connectivity index (χ1n) is 7.69. The molecule has 1 aromatic heterocycles. The molecule has 0 aliphatic heterocycles. The van der Waals surface area contributed by atoms with Crippen molar-refractivity contribution in [2.45, 2.75) is 13.7 Å². The Kier molecular flexibility index (Phi) is 6.92. The number of methoxy groups -OCH3 is 2. The number of benzene rings is 1. The Balaban J connectivity index is 2.04. The Morgan fingerprint density at radius 3 is 2.50 bits per heavy atom. The molecular weight excluding hydrogens is 344 g/mol. The first-order chi connectivity index (χ1) is 12.5. The summed E-state index contributed by atoms with van der Waals surface area (Å²) < 4.78 is 21.1. The van der Waals surface area contributed by atoms with Crippen molar-refractivity contribution in [1.29, 1.82) is 0 Å². The van der Waals surface area contributed by atoms with Crippen LogP contribution in [0.25, 0.3) is 0 Å². The lowest BCUT2D eigenvalue weighted by atomic mass is 10.3. The maximum atomic E-state index is 11.8. The molecule has 0 fully saturated rings. The highest BCUT2D eigenvalue weighted by atomic mass is 16.6. The molecule has 26 heavy (non-hydrogen) atoms. The third-order valence-electron chi connectivity index (χ3n) is 3.13. The van der Waals surface area contributed by atoms with Gasteiger partial charge < -0.3 is 24.3 Å². The largest absolute Gasteiger partial charge is 0.497 e. The number of esters is 2. The molecule has 0 amide bonds. The van der Waals surface area contributed by atoms with Crippen LogP contribution in [0.5, 0.6) is 5.75 Å². The fourth-order valence-corrected chi connectivity index (χ4v) is 1.93. The summed E-state index contributed by atoms with van der Waals surface area (Å²) in [6.45, 7) is 1.52. The van der Waals surface area contributed by atoms with Gasteiger partial charge >= 0.3 is 11.9 Å². The molecule has 1 heterocycles. The van der Waals surface area contributed by atoms with Crippen LogP contribution in [0.4, 0.5) is 11.6 Å². The molecule has 140 valence electrons. The third-order valence-corrected chi connectivity index (χ3v) is 3.13. The van der Waals surface area contributed by atoms with Crippen molar-refractivity contribution >= 4 is 23.6 Å². The molecule has 0 radical (unpaired) electrons. The van der Waals surface area contributed by atoms with Crippen LogP contribution in [0.3, 0.4) is 0 Å². The average Bonchev–Trinajstić information content (AvgIpc) is 3.03. The first-order valence-corrected chi connectivity index (χ1v) is 7.69. The van der Waals surface area contributed by atoms with Gasteiger partial charge in [0.2, 0.25) is 11.8 Å². The molecule has 0 saturated carbocycles. The van der Waals surface area contributed by atoms with Crippen LogP contribution < -0.4 is 10.1 Å². The number of aromatic nitrogens is 3. The van der Waals surface area contributed by atoms with Crippen LogP contribution in [0.15, 0.2) is 24.3 Å². The van der Waals surface area contributed by atoms with Crippen molar-refractivity contribution < 1.29 is 28.5 Å². The van der Waals surface area contributed by atoms with E-state index in [1.807, 2.05) is 0 Å². The van der Waals surface area contributed by atoms with Crippen molar-refractivity contribution in [3.8, 4) is 5.75 Å². The zero-order valence-corrected chi connectivity index (χ0v) is 14.7. The average molecular weight is 364 g/mol. The van der Waals surface area contributed by atoms with Gasteiger partial charge in [-0.3, -0.25) is 4.79 Å². The summed E-state index contributed by atoms with van der Waals surface area (Å²) in [6, 6.07) is 7.12. The van der Waals surface area contributed by atoms with Gasteiger partial charge in [0.15, 0.2) is 0 Å². The molecule has 2 aromatic rings. The van der Waals surface area contributed by atoms with E-state index in [9.17, 15) is 9.59 Å². The fourth-order valence-electron chi connectivity index (χ4n) is 1.93. The maximum absolute atomic E-state index is 11.8. The van der Waals surface area contributed by atoms with E-state index < -0.39 is 11.9 Å². The zero-order valence-electron chi connectivity index (χ0n) is 14.7. The van der Waals surface area contributed by atoms with E-state index in [-0.39, 0.29) is 31.7 Å². The highest BCUT2D eigenvalue weighted by Gasteiger charge is 2.18. The minimum atomic E-state index is -0.649. The number of nitrogens with one attached hydrogen (secondary N) is 1. The molecule has 1 N–H and O–H groups in total. The standard InChI is InChI=1S/C16H20N4O6/c1-11(21)26-9-8-25-10-20-14(15(22)24-3)18-16(19-20)17-12-4-6-13(23-2)7-5-12/h4-7H,8-10H2,1-3H3,(H,17,19). The second-order valence-electron chi connectivity index (χ2n) is 4.98. The molecule has 10 nitrogen and oxygen atoms in total.